The number of halogens is 1. The lowest BCUT2D eigenvalue weighted by molar-refractivity contribution is 0.270. The number of nitrogens with zero attached hydrogens (tertiary/aromatic N) is 4. The molecule has 1 aliphatic rings. The van der Waals surface area contributed by atoms with E-state index in [1.165, 1.54) is 6.07 Å². The SMILES string of the molecule is CCN1CCN(c2cc(NCc3ccccc3F)nc(-c3ccccc3)n2)CC1. The Labute approximate surface area is 171 Å². The van der Waals surface area contributed by atoms with Crippen molar-refractivity contribution in [1.29, 1.82) is 0 Å². The van der Waals surface area contributed by atoms with Gasteiger partial charge in [0.1, 0.15) is 17.5 Å². The van der Waals surface area contributed by atoms with E-state index < -0.39 is 0 Å². The quantitative estimate of drug-likeness (QED) is 0.687. The molecule has 1 aromatic heterocycles. The van der Waals surface area contributed by atoms with Crippen molar-refractivity contribution in [3.63, 3.8) is 0 Å². The average Bonchev–Trinajstić information content (AvgIpc) is 2.79. The van der Waals surface area contributed by atoms with Crippen LogP contribution in [0.1, 0.15) is 12.5 Å². The molecule has 1 aliphatic heterocycles. The second-order valence-corrected chi connectivity index (χ2v) is 7.17. The van der Waals surface area contributed by atoms with Crippen LogP contribution < -0.4 is 10.2 Å². The molecule has 150 valence electrons. The minimum Gasteiger partial charge on any atom is -0.366 e. The smallest absolute Gasteiger partial charge is 0.163 e. The summed E-state index contributed by atoms with van der Waals surface area (Å²) in [6.45, 7) is 7.57. The second-order valence-electron chi connectivity index (χ2n) is 7.17. The van der Waals surface area contributed by atoms with E-state index in [9.17, 15) is 4.39 Å². The highest BCUT2D eigenvalue weighted by molar-refractivity contribution is 5.62. The van der Waals surface area contributed by atoms with Gasteiger partial charge in [-0.25, -0.2) is 14.4 Å². The van der Waals surface area contributed by atoms with Crippen molar-refractivity contribution < 1.29 is 4.39 Å². The molecule has 4 rings (SSSR count). The second kappa shape index (κ2) is 9.01. The van der Waals surface area contributed by atoms with Crippen molar-refractivity contribution >= 4 is 11.6 Å². The molecule has 5 nitrogen and oxygen atoms in total. The Bertz CT molecular complexity index is 939. The number of anilines is 2. The summed E-state index contributed by atoms with van der Waals surface area (Å²) in [5.41, 5.74) is 1.58. The zero-order valence-corrected chi connectivity index (χ0v) is 16.7. The van der Waals surface area contributed by atoms with E-state index in [1.807, 2.05) is 42.5 Å². The van der Waals surface area contributed by atoms with Crippen LogP contribution in [0.5, 0.6) is 0 Å². The maximum Gasteiger partial charge on any atom is 0.163 e. The normalized spacial score (nSPS) is 14.8. The van der Waals surface area contributed by atoms with Crippen molar-refractivity contribution in [3.05, 3.63) is 72.0 Å². The van der Waals surface area contributed by atoms with Gasteiger partial charge in [0.05, 0.1) is 0 Å². The van der Waals surface area contributed by atoms with E-state index in [1.54, 1.807) is 12.1 Å². The fourth-order valence-electron chi connectivity index (χ4n) is 3.52. The van der Waals surface area contributed by atoms with Gasteiger partial charge in [0.15, 0.2) is 5.82 Å². The zero-order chi connectivity index (χ0) is 20.1. The largest absolute Gasteiger partial charge is 0.366 e. The molecular weight excluding hydrogens is 365 g/mol. The zero-order valence-electron chi connectivity index (χ0n) is 16.7. The number of benzene rings is 2. The van der Waals surface area contributed by atoms with E-state index in [0.29, 0.717) is 23.8 Å². The molecule has 0 unspecified atom stereocenters. The minimum atomic E-state index is -0.215. The molecule has 0 amide bonds. The Morgan fingerprint density at radius 1 is 0.931 bits per heavy atom. The van der Waals surface area contributed by atoms with Crippen LogP contribution in [0.2, 0.25) is 0 Å². The van der Waals surface area contributed by atoms with Gasteiger partial charge in [0, 0.05) is 49.9 Å². The number of likely N-dealkylation sites (N-methyl/N-ethyl adjacent to an activating group) is 1. The van der Waals surface area contributed by atoms with Crippen LogP contribution in [0.15, 0.2) is 60.7 Å². The van der Waals surface area contributed by atoms with E-state index >= 15 is 0 Å². The van der Waals surface area contributed by atoms with Gasteiger partial charge >= 0.3 is 0 Å². The van der Waals surface area contributed by atoms with Crippen LogP contribution in [0.4, 0.5) is 16.0 Å². The standard InChI is InChI=1S/C23H26FN5/c1-2-28-12-14-29(15-13-28)22-16-21(25-17-19-10-6-7-11-20(19)24)26-23(27-22)18-8-4-3-5-9-18/h3-11,16H,2,12-15,17H2,1H3,(H,25,26,27). The summed E-state index contributed by atoms with van der Waals surface area (Å²) < 4.78 is 14.0. The monoisotopic (exact) mass is 391 g/mol. The molecule has 0 bridgehead atoms. The fraction of sp³-hybridized carbons (Fsp3) is 0.304. The van der Waals surface area contributed by atoms with E-state index in [2.05, 4.69) is 22.0 Å². The van der Waals surface area contributed by atoms with Crippen LogP contribution in [-0.2, 0) is 6.54 Å². The highest BCUT2D eigenvalue weighted by Crippen LogP contribution is 2.24. The van der Waals surface area contributed by atoms with Crippen molar-refractivity contribution in [2.45, 2.75) is 13.5 Å². The van der Waals surface area contributed by atoms with Crippen LogP contribution >= 0.6 is 0 Å². The third kappa shape index (κ3) is 4.71. The Morgan fingerprint density at radius 2 is 1.66 bits per heavy atom. The van der Waals surface area contributed by atoms with Crippen molar-refractivity contribution in [2.24, 2.45) is 0 Å². The molecule has 0 radical (unpaired) electrons. The van der Waals surface area contributed by atoms with Gasteiger partial charge in [-0.3, -0.25) is 0 Å². The molecule has 1 fully saturated rings. The summed E-state index contributed by atoms with van der Waals surface area (Å²) in [5, 5.41) is 3.28. The number of hydrogen-bond acceptors (Lipinski definition) is 5. The first-order valence-corrected chi connectivity index (χ1v) is 10.1. The van der Waals surface area contributed by atoms with Crippen LogP contribution in [0, 0.1) is 5.82 Å². The predicted octanol–water partition coefficient (Wildman–Crippen LogP) is 4.04. The van der Waals surface area contributed by atoms with Crippen molar-refractivity contribution in [1.82, 2.24) is 14.9 Å². The summed E-state index contributed by atoms with van der Waals surface area (Å²) in [7, 11) is 0. The van der Waals surface area contributed by atoms with E-state index in [-0.39, 0.29) is 5.82 Å². The maximum absolute atomic E-state index is 14.0. The summed E-state index contributed by atoms with van der Waals surface area (Å²) in [5.74, 6) is 2.07. The van der Waals surface area contributed by atoms with Crippen LogP contribution in [-0.4, -0.2) is 47.6 Å². The minimum absolute atomic E-state index is 0.215. The topological polar surface area (TPSA) is 44.3 Å². The van der Waals surface area contributed by atoms with Crippen molar-refractivity contribution in [2.75, 3.05) is 42.9 Å². The molecule has 0 saturated carbocycles. The summed E-state index contributed by atoms with van der Waals surface area (Å²) >= 11 is 0. The lowest BCUT2D eigenvalue weighted by Gasteiger charge is -2.35. The van der Waals surface area contributed by atoms with Gasteiger partial charge in [0.2, 0.25) is 0 Å². The van der Waals surface area contributed by atoms with Gasteiger partial charge in [-0.05, 0) is 12.6 Å². The summed E-state index contributed by atoms with van der Waals surface area (Å²) in [6, 6.07) is 18.7. The molecule has 1 N–H and O–H groups in total. The molecule has 29 heavy (non-hydrogen) atoms. The molecule has 0 aliphatic carbocycles. The number of piperazine rings is 1. The van der Waals surface area contributed by atoms with Gasteiger partial charge in [-0.15, -0.1) is 0 Å². The van der Waals surface area contributed by atoms with Gasteiger partial charge < -0.3 is 15.1 Å². The summed E-state index contributed by atoms with van der Waals surface area (Å²) in [6.07, 6.45) is 0. The first-order chi connectivity index (χ1) is 14.2. The molecule has 0 atom stereocenters. The van der Waals surface area contributed by atoms with Gasteiger partial charge in [0.25, 0.3) is 0 Å². The van der Waals surface area contributed by atoms with Crippen molar-refractivity contribution in [3.8, 4) is 11.4 Å². The molecule has 3 aromatic rings. The number of hydrogen-bond donors (Lipinski definition) is 1. The average molecular weight is 391 g/mol. The Hall–Kier alpha value is -2.99. The third-order valence-electron chi connectivity index (χ3n) is 5.31. The highest BCUT2D eigenvalue weighted by atomic mass is 19.1. The van der Waals surface area contributed by atoms with Crippen LogP contribution in [0.25, 0.3) is 11.4 Å². The van der Waals surface area contributed by atoms with E-state index in [0.717, 1.165) is 44.1 Å². The van der Waals surface area contributed by atoms with Gasteiger partial charge in [-0.2, -0.15) is 0 Å². The lowest BCUT2D eigenvalue weighted by Crippen LogP contribution is -2.46. The van der Waals surface area contributed by atoms with Gasteiger partial charge in [-0.1, -0.05) is 55.5 Å². The molecule has 2 aromatic carbocycles. The first kappa shape index (κ1) is 19.3. The fourth-order valence-corrected chi connectivity index (χ4v) is 3.52. The predicted molar refractivity (Wildman–Crippen MR) is 116 cm³/mol. The van der Waals surface area contributed by atoms with E-state index in [4.69, 9.17) is 9.97 Å². The number of rotatable bonds is 6. The maximum atomic E-state index is 14.0. The molecule has 1 saturated heterocycles. The lowest BCUT2D eigenvalue weighted by atomic mass is 10.2. The number of nitrogens with one attached hydrogen (secondary N) is 1. The molecule has 0 spiro atoms. The highest BCUT2D eigenvalue weighted by Gasteiger charge is 2.19. The Balaban J connectivity index is 1.61. The summed E-state index contributed by atoms with van der Waals surface area (Å²) in [4.78, 5) is 14.3. The third-order valence-corrected chi connectivity index (χ3v) is 5.31. The number of aromatic nitrogens is 2. The first-order valence-electron chi connectivity index (χ1n) is 10.1. The molecule has 2 heterocycles. The Kier molecular flexibility index (Phi) is 6.00. The Morgan fingerprint density at radius 3 is 2.38 bits per heavy atom. The molecular formula is C23H26FN5. The van der Waals surface area contributed by atoms with Crippen LogP contribution in [0.3, 0.4) is 0 Å². The molecule has 6 heteroatoms.